The molecule has 0 amide bonds. The minimum absolute atomic E-state index is 0.220. The monoisotopic (exact) mass is 389 g/mol. The molecule has 29 heavy (non-hydrogen) atoms. The van der Waals surface area contributed by atoms with Gasteiger partial charge in [0.05, 0.1) is 24.5 Å². The van der Waals surface area contributed by atoms with Gasteiger partial charge in [-0.15, -0.1) is 10.2 Å². The van der Waals surface area contributed by atoms with Crippen molar-refractivity contribution in [1.29, 1.82) is 5.26 Å². The highest BCUT2D eigenvalue weighted by molar-refractivity contribution is 5.88. The van der Waals surface area contributed by atoms with Crippen molar-refractivity contribution >= 4 is 17.6 Å². The SMILES string of the molecule is N#CC(=Cc1ccc(O)c(O)c1)c1nnc(N2CCOCC2)n1-c1ccccc1. The fourth-order valence-corrected chi connectivity index (χ4v) is 3.18. The molecular formula is C21H19N5O3. The number of anilines is 1. The Hall–Kier alpha value is -3.83. The van der Waals surface area contributed by atoms with E-state index in [1.165, 1.54) is 12.1 Å². The van der Waals surface area contributed by atoms with Crippen LogP contribution in [-0.2, 0) is 4.74 Å². The molecule has 2 aromatic carbocycles. The number of nitrogens with zero attached hydrogens (tertiary/aromatic N) is 5. The molecule has 1 aliphatic rings. The Morgan fingerprint density at radius 2 is 1.79 bits per heavy atom. The minimum Gasteiger partial charge on any atom is -0.504 e. The van der Waals surface area contributed by atoms with Crippen LogP contribution in [-0.4, -0.2) is 51.3 Å². The van der Waals surface area contributed by atoms with E-state index in [0.717, 1.165) is 5.69 Å². The molecule has 2 N–H and O–H groups in total. The maximum atomic E-state index is 9.81. The van der Waals surface area contributed by atoms with Gasteiger partial charge in [0.15, 0.2) is 17.3 Å². The van der Waals surface area contributed by atoms with Gasteiger partial charge in [-0.3, -0.25) is 4.57 Å². The molecule has 0 radical (unpaired) electrons. The molecule has 8 heteroatoms. The van der Waals surface area contributed by atoms with Gasteiger partial charge in [-0.1, -0.05) is 24.3 Å². The molecule has 4 rings (SSSR count). The van der Waals surface area contributed by atoms with E-state index in [4.69, 9.17) is 4.74 Å². The largest absolute Gasteiger partial charge is 0.504 e. The Bertz CT molecular complexity index is 1080. The van der Waals surface area contributed by atoms with Gasteiger partial charge in [-0.2, -0.15) is 5.26 Å². The third kappa shape index (κ3) is 3.77. The van der Waals surface area contributed by atoms with Crippen LogP contribution >= 0.6 is 0 Å². The molecular weight excluding hydrogens is 370 g/mol. The van der Waals surface area contributed by atoms with Gasteiger partial charge in [0.2, 0.25) is 5.95 Å². The lowest BCUT2D eigenvalue weighted by atomic mass is 10.1. The van der Waals surface area contributed by atoms with Crippen LogP contribution in [0.5, 0.6) is 11.5 Å². The van der Waals surface area contributed by atoms with E-state index in [1.54, 1.807) is 12.1 Å². The highest BCUT2D eigenvalue weighted by Gasteiger charge is 2.23. The maximum Gasteiger partial charge on any atom is 0.232 e. The van der Waals surface area contributed by atoms with Gasteiger partial charge in [-0.05, 0) is 35.9 Å². The van der Waals surface area contributed by atoms with Gasteiger partial charge in [0, 0.05) is 13.1 Å². The lowest BCUT2D eigenvalue weighted by Gasteiger charge is -2.28. The first-order chi connectivity index (χ1) is 14.2. The van der Waals surface area contributed by atoms with Gasteiger partial charge >= 0.3 is 0 Å². The Kier molecular flexibility index (Phi) is 5.14. The predicted octanol–water partition coefficient (Wildman–Crippen LogP) is 2.58. The van der Waals surface area contributed by atoms with Gasteiger partial charge in [0.25, 0.3) is 0 Å². The molecule has 0 spiro atoms. The smallest absolute Gasteiger partial charge is 0.232 e. The number of phenolic OH excluding ortho intramolecular Hbond substituents is 2. The fraction of sp³-hybridized carbons (Fsp3) is 0.190. The first-order valence-corrected chi connectivity index (χ1v) is 9.15. The fourth-order valence-electron chi connectivity index (χ4n) is 3.18. The third-order valence-electron chi connectivity index (χ3n) is 4.63. The Morgan fingerprint density at radius 3 is 2.48 bits per heavy atom. The Labute approximate surface area is 167 Å². The number of benzene rings is 2. The number of aromatic hydroxyl groups is 2. The van der Waals surface area contributed by atoms with Crippen LogP contribution in [0.4, 0.5) is 5.95 Å². The summed E-state index contributed by atoms with van der Waals surface area (Å²) in [7, 11) is 0. The molecule has 1 saturated heterocycles. The zero-order valence-electron chi connectivity index (χ0n) is 15.6. The molecule has 0 saturated carbocycles. The summed E-state index contributed by atoms with van der Waals surface area (Å²) in [5.74, 6) is 0.564. The summed E-state index contributed by atoms with van der Waals surface area (Å²) < 4.78 is 7.28. The van der Waals surface area contributed by atoms with Crippen molar-refractivity contribution < 1.29 is 14.9 Å². The van der Waals surface area contributed by atoms with E-state index in [1.807, 2.05) is 34.9 Å². The van der Waals surface area contributed by atoms with Crippen LogP contribution in [0.25, 0.3) is 17.3 Å². The summed E-state index contributed by atoms with van der Waals surface area (Å²) >= 11 is 0. The first kappa shape index (κ1) is 18.5. The van der Waals surface area contributed by atoms with E-state index >= 15 is 0 Å². The van der Waals surface area contributed by atoms with Gasteiger partial charge in [-0.25, -0.2) is 0 Å². The summed E-state index contributed by atoms with van der Waals surface area (Å²) in [5, 5.41) is 37.7. The third-order valence-corrected chi connectivity index (χ3v) is 4.63. The van der Waals surface area contributed by atoms with Crippen molar-refractivity contribution in [2.75, 3.05) is 31.2 Å². The molecule has 3 aromatic rings. The van der Waals surface area contributed by atoms with Gasteiger partial charge < -0.3 is 19.8 Å². The van der Waals surface area contributed by atoms with Crippen LogP contribution in [0.3, 0.4) is 0 Å². The highest BCUT2D eigenvalue weighted by atomic mass is 16.5. The van der Waals surface area contributed by atoms with E-state index in [0.29, 0.717) is 43.6 Å². The summed E-state index contributed by atoms with van der Waals surface area (Å²) in [6, 6.07) is 16.1. The topological polar surface area (TPSA) is 107 Å². The average molecular weight is 389 g/mol. The molecule has 0 unspecified atom stereocenters. The second-order valence-electron chi connectivity index (χ2n) is 6.51. The lowest BCUT2D eigenvalue weighted by Crippen LogP contribution is -2.38. The number of hydrogen-bond donors (Lipinski definition) is 2. The van der Waals surface area contributed by atoms with Crippen LogP contribution in [0.1, 0.15) is 11.4 Å². The van der Waals surface area contributed by atoms with E-state index in [-0.39, 0.29) is 17.1 Å². The first-order valence-electron chi connectivity index (χ1n) is 9.15. The molecule has 0 aliphatic carbocycles. The van der Waals surface area contributed by atoms with Crippen molar-refractivity contribution in [1.82, 2.24) is 14.8 Å². The molecule has 1 fully saturated rings. The average Bonchev–Trinajstić information content (AvgIpc) is 3.20. The Balaban J connectivity index is 1.83. The number of allylic oxidation sites excluding steroid dienone is 1. The molecule has 2 heterocycles. The number of hydrogen-bond acceptors (Lipinski definition) is 7. The molecule has 0 atom stereocenters. The number of aromatic nitrogens is 3. The summed E-state index contributed by atoms with van der Waals surface area (Å²) in [6.45, 7) is 2.57. The number of ether oxygens (including phenoxy) is 1. The number of phenols is 2. The standard InChI is InChI=1S/C21H19N5O3/c22-14-16(12-15-6-7-18(27)19(28)13-15)20-23-24-21(25-8-10-29-11-9-25)26(20)17-4-2-1-3-5-17/h1-7,12-13,27-28H,8-11H2. The molecule has 8 nitrogen and oxygen atoms in total. The van der Waals surface area contributed by atoms with E-state index in [9.17, 15) is 15.5 Å². The van der Waals surface area contributed by atoms with E-state index < -0.39 is 0 Å². The summed E-state index contributed by atoms with van der Waals surface area (Å²) in [4.78, 5) is 2.08. The van der Waals surface area contributed by atoms with Crippen LogP contribution in [0, 0.1) is 11.3 Å². The summed E-state index contributed by atoms with van der Waals surface area (Å²) in [6.07, 6.45) is 1.60. The predicted molar refractivity (Wildman–Crippen MR) is 108 cm³/mol. The minimum atomic E-state index is -0.255. The van der Waals surface area contributed by atoms with Crippen LogP contribution in [0.15, 0.2) is 48.5 Å². The van der Waals surface area contributed by atoms with Crippen LogP contribution in [0.2, 0.25) is 0 Å². The number of para-hydroxylation sites is 1. The zero-order valence-corrected chi connectivity index (χ0v) is 15.6. The van der Waals surface area contributed by atoms with Crippen LogP contribution < -0.4 is 4.90 Å². The van der Waals surface area contributed by atoms with E-state index in [2.05, 4.69) is 21.2 Å². The maximum absolute atomic E-state index is 9.81. The van der Waals surface area contributed by atoms with Crippen molar-refractivity contribution in [2.45, 2.75) is 0 Å². The number of morpholine rings is 1. The second-order valence-corrected chi connectivity index (χ2v) is 6.51. The molecule has 1 aliphatic heterocycles. The zero-order chi connectivity index (χ0) is 20.2. The molecule has 146 valence electrons. The second kappa shape index (κ2) is 8.04. The number of nitriles is 1. The highest BCUT2D eigenvalue weighted by Crippen LogP contribution is 2.29. The summed E-state index contributed by atoms with van der Waals surface area (Å²) in [5.41, 5.74) is 1.68. The lowest BCUT2D eigenvalue weighted by molar-refractivity contribution is 0.122. The van der Waals surface area contributed by atoms with Crippen molar-refractivity contribution in [3.05, 3.63) is 59.9 Å². The molecule has 0 bridgehead atoms. The van der Waals surface area contributed by atoms with Gasteiger partial charge in [0.1, 0.15) is 6.07 Å². The molecule has 1 aromatic heterocycles. The normalized spacial score (nSPS) is 14.6. The number of rotatable bonds is 4. The Morgan fingerprint density at radius 1 is 1.03 bits per heavy atom. The van der Waals surface area contributed by atoms with Crippen molar-refractivity contribution in [3.63, 3.8) is 0 Å². The quantitative estimate of drug-likeness (QED) is 0.522. The van der Waals surface area contributed by atoms with Crippen molar-refractivity contribution in [3.8, 4) is 23.3 Å². The van der Waals surface area contributed by atoms with Crippen molar-refractivity contribution in [2.24, 2.45) is 0 Å².